The predicted octanol–water partition coefficient (Wildman–Crippen LogP) is 2.64. The highest BCUT2D eigenvalue weighted by Gasteiger charge is 2.15. The van der Waals surface area contributed by atoms with Gasteiger partial charge in [0.05, 0.1) is 16.6 Å². The molecular formula is C14H16BrN3O. The number of rotatable bonds is 5. The Balaban J connectivity index is 1.92. The van der Waals surface area contributed by atoms with E-state index in [1.165, 1.54) is 0 Å². The first kappa shape index (κ1) is 14.0. The van der Waals surface area contributed by atoms with Crippen molar-refractivity contribution < 1.29 is 5.11 Å². The highest BCUT2D eigenvalue weighted by Crippen LogP contribution is 2.11. The van der Waals surface area contributed by atoms with E-state index in [9.17, 15) is 5.11 Å². The Morgan fingerprint density at radius 2 is 1.84 bits per heavy atom. The van der Waals surface area contributed by atoms with E-state index in [-0.39, 0.29) is 6.04 Å². The Morgan fingerprint density at radius 1 is 1.21 bits per heavy atom. The van der Waals surface area contributed by atoms with E-state index in [1.807, 2.05) is 37.3 Å². The zero-order valence-corrected chi connectivity index (χ0v) is 12.2. The Bertz CT molecular complexity index is 504. The molecule has 2 N–H and O–H groups in total. The number of benzene rings is 1. The Morgan fingerprint density at radius 3 is 2.47 bits per heavy atom. The second-order valence-corrected chi connectivity index (χ2v) is 5.33. The third-order valence-electron chi connectivity index (χ3n) is 2.84. The first-order valence-corrected chi connectivity index (χ1v) is 6.90. The minimum atomic E-state index is -0.491. The first-order chi connectivity index (χ1) is 9.15. The summed E-state index contributed by atoms with van der Waals surface area (Å²) in [5, 5.41) is 13.3. The number of aliphatic hydroxyl groups is 1. The Kier molecular flexibility index (Phi) is 4.87. The molecule has 1 heterocycles. The molecule has 0 spiro atoms. The number of aromatic nitrogens is 2. The summed E-state index contributed by atoms with van der Waals surface area (Å²) in [5.41, 5.74) is 1.11. The molecule has 1 aromatic carbocycles. The monoisotopic (exact) mass is 321 g/mol. The minimum Gasteiger partial charge on any atom is -0.391 e. The van der Waals surface area contributed by atoms with Crippen LogP contribution in [0.3, 0.4) is 0 Å². The fraction of sp³-hybridized carbons (Fsp3) is 0.286. The van der Waals surface area contributed by atoms with Gasteiger partial charge < -0.3 is 10.4 Å². The lowest BCUT2D eigenvalue weighted by Gasteiger charge is -2.20. The third kappa shape index (κ3) is 4.29. The second-order valence-electron chi connectivity index (χ2n) is 4.41. The largest absolute Gasteiger partial charge is 0.391 e. The predicted molar refractivity (Wildman–Crippen MR) is 79.0 cm³/mol. The molecule has 0 aliphatic rings. The summed E-state index contributed by atoms with van der Waals surface area (Å²) < 4.78 is 0.829. The molecule has 2 rings (SSSR count). The summed E-state index contributed by atoms with van der Waals surface area (Å²) >= 11 is 3.28. The maximum Gasteiger partial charge on any atom is 0.222 e. The normalized spacial score (nSPS) is 13.8. The quantitative estimate of drug-likeness (QED) is 0.888. The van der Waals surface area contributed by atoms with Gasteiger partial charge in [0.15, 0.2) is 0 Å². The fourth-order valence-corrected chi connectivity index (χ4v) is 1.92. The second kappa shape index (κ2) is 6.63. The molecule has 0 aliphatic carbocycles. The molecule has 0 saturated carbocycles. The van der Waals surface area contributed by atoms with Crippen molar-refractivity contribution in [1.82, 2.24) is 9.97 Å². The molecule has 1 aromatic heterocycles. The molecule has 19 heavy (non-hydrogen) atoms. The van der Waals surface area contributed by atoms with Crippen LogP contribution in [-0.2, 0) is 6.42 Å². The van der Waals surface area contributed by atoms with Crippen LogP contribution in [-0.4, -0.2) is 27.2 Å². The van der Waals surface area contributed by atoms with Gasteiger partial charge in [-0.05, 0) is 28.4 Å². The average molecular weight is 322 g/mol. The van der Waals surface area contributed by atoms with E-state index in [2.05, 4.69) is 31.2 Å². The van der Waals surface area contributed by atoms with E-state index < -0.39 is 6.10 Å². The maximum absolute atomic E-state index is 10.2. The molecule has 2 unspecified atom stereocenters. The molecule has 0 saturated heterocycles. The van der Waals surface area contributed by atoms with Gasteiger partial charge in [-0.2, -0.15) is 0 Å². The summed E-state index contributed by atoms with van der Waals surface area (Å²) in [7, 11) is 0. The van der Waals surface area contributed by atoms with Crippen LogP contribution in [0, 0.1) is 0 Å². The van der Waals surface area contributed by atoms with E-state index in [0.717, 1.165) is 10.0 Å². The zero-order chi connectivity index (χ0) is 13.7. The SMILES string of the molecule is CC(Nc1ncc(Br)cn1)C(O)Cc1ccccc1. The number of aliphatic hydroxyl groups excluding tert-OH is 1. The standard InChI is InChI=1S/C14H16BrN3O/c1-10(18-14-16-8-12(15)9-17-14)13(19)7-11-5-3-2-4-6-11/h2-6,8-10,13,19H,7H2,1H3,(H,16,17,18). The lowest BCUT2D eigenvalue weighted by atomic mass is 10.0. The molecule has 4 nitrogen and oxygen atoms in total. The highest BCUT2D eigenvalue weighted by molar-refractivity contribution is 9.10. The molecule has 5 heteroatoms. The van der Waals surface area contributed by atoms with Gasteiger partial charge in [-0.3, -0.25) is 0 Å². The van der Waals surface area contributed by atoms with Crippen molar-refractivity contribution >= 4 is 21.9 Å². The van der Waals surface area contributed by atoms with Crippen molar-refractivity contribution in [2.75, 3.05) is 5.32 Å². The van der Waals surface area contributed by atoms with Crippen molar-refractivity contribution in [2.45, 2.75) is 25.5 Å². The summed E-state index contributed by atoms with van der Waals surface area (Å²) in [6, 6.07) is 9.79. The summed E-state index contributed by atoms with van der Waals surface area (Å²) in [6.45, 7) is 1.92. The zero-order valence-electron chi connectivity index (χ0n) is 10.6. The average Bonchev–Trinajstić information content (AvgIpc) is 2.42. The van der Waals surface area contributed by atoms with E-state index in [0.29, 0.717) is 12.4 Å². The van der Waals surface area contributed by atoms with Gasteiger partial charge in [-0.1, -0.05) is 30.3 Å². The van der Waals surface area contributed by atoms with Gasteiger partial charge in [0, 0.05) is 18.8 Å². The number of anilines is 1. The van der Waals surface area contributed by atoms with Gasteiger partial charge in [-0.15, -0.1) is 0 Å². The van der Waals surface area contributed by atoms with Crippen LogP contribution in [0.5, 0.6) is 0 Å². The first-order valence-electron chi connectivity index (χ1n) is 6.11. The van der Waals surface area contributed by atoms with Crippen molar-refractivity contribution in [3.05, 3.63) is 52.8 Å². The smallest absolute Gasteiger partial charge is 0.222 e. The van der Waals surface area contributed by atoms with Gasteiger partial charge in [0.2, 0.25) is 5.95 Å². The van der Waals surface area contributed by atoms with Crippen LogP contribution in [0.15, 0.2) is 47.2 Å². The molecule has 0 fully saturated rings. The number of hydrogen-bond donors (Lipinski definition) is 2. The third-order valence-corrected chi connectivity index (χ3v) is 3.25. The van der Waals surface area contributed by atoms with Crippen LogP contribution >= 0.6 is 15.9 Å². The number of nitrogens with one attached hydrogen (secondary N) is 1. The van der Waals surface area contributed by atoms with Crippen LogP contribution in [0.4, 0.5) is 5.95 Å². The molecular weight excluding hydrogens is 306 g/mol. The Hall–Kier alpha value is -1.46. The topological polar surface area (TPSA) is 58.0 Å². The molecule has 0 bridgehead atoms. The fourth-order valence-electron chi connectivity index (χ4n) is 1.72. The number of nitrogens with zero attached hydrogens (tertiary/aromatic N) is 2. The molecule has 0 aliphatic heterocycles. The molecule has 2 atom stereocenters. The molecule has 0 amide bonds. The van der Waals surface area contributed by atoms with Crippen LogP contribution < -0.4 is 5.32 Å². The van der Waals surface area contributed by atoms with Gasteiger partial charge in [0.1, 0.15) is 0 Å². The van der Waals surface area contributed by atoms with Crippen molar-refractivity contribution in [3.8, 4) is 0 Å². The van der Waals surface area contributed by atoms with Crippen molar-refractivity contribution in [2.24, 2.45) is 0 Å². The van der Waals surface area contributed by atoms with Crippen molar-refractivity contribution in [1.29, 1.82) is 0 Å². The summed E-state index contributed by atoms with van der Waals surface area (Å²) in [5.74, 6) is 0.516. The summed E-state index contributed by atoms with van der Waals surface area (Å²) in [4.78, 5) is 8.25. The number of hydrogen-bond acceptors (Lipinski definition) is 4. The summed E-state index contributed by atoms with van der Waals surface area (Å²) in [6.07, 6.45) is 3.46. The molecule has 0 radical (unpaired) electrons. The lowest BCUT2D eigenvalue weighted by Crippen LogP contribution is -2.33. The van der Waals surface area contributed by atoms with Crippen LogP contribution in [0.2, 0.25) is 0 Å². The maximum atomic E-state index is 10.2. The van der Waals surface area contributed by atoms with Gasteiger partial charge >= 0.3 is 0 Å². The highest BCUT2D eigenvalue weighted by atomic mass is 79.9. The van der Waals surface area contributed by atoms with Crippen molar-refractivity contribution in [3.63, 3.8) is 0 Å². The Labute approximate surface area is 121 Å². The molecule has 100 valence electrons. The van der Waals surface area contributed by atoms with E-state index >= 15 is 0 Å². The van der Waals surface area contributed by atoms with Crippen LogP contribution in [0.1, 0.15) is 12.5 Å². The van der Waals surface area contributed by atoms with Gasteiger partial charge in [-0.25, -0.2) is 9.97 Å². The van der Waals surface area contributed by atoms with Crippen LogP contribution in [0.25, 0.3) is 0 Å². The number of halogens is 1. The molecule has 2 aromatic rings. The van der Waals surface area contributed by atoms with Gasteiger partial charge in [0.25, 0.3) is 0 Å². The van der Waals surface area contributed by atoms with E-state index in [4.69, 9.17) is 0 Å². The minimum absolute atomic E-state index is 0.124. The lowest BCUT2D eigenvalue weighted by molar-refractivity contribution is 0.158. The van der Waals surface area contributed by atoms with E-state index in [1.54, 1.807) is 12.4 Å².